The third-order valence-electron chi connectivity index (χ3n) is 3.04. The van der Waals surface area contributed by atoms with Gasteiger partial charge >= 0.3 is 5.97 Å². The van der Waals surface area contributed by atoms with E-state index in [4.69, 9.17) is 5.11 Å². The van der Waals surface area contributed by atoms with Gasteiger partial charge in [0, 0.05) is 12.7 Å². The number of aromatic carboxylic acids is 1. The second-order valence-electron chi connectivity index (χ2n) is 4.24. The van der Waals surface area contributed by atoms with Gasteiger partial charge in [-0.3, -0.25) is 0 Å². The number of anilines is 2. The Bertz CT molecular complexity index is 767. The molecule has 3 aromatic rings. The maximum absolute atomic E-state index is 10.9. The van der Waals surface area contributed by atoms with Crippen molar-refractivity contribution in [3.8, 4) is 0 Å². The number of nitrogens with zero attached hydrogens (tertiary/aromatic N) is 3. The highest BCUT2D eigenvalue weighted by Gasteiger charge is 2.12. The van der Waals surface area contributed by atoms with E-state index < -0.39 is 5.97 Å². The van der Waals surface area contributed by atoms with Gasteiger partial charge in [0.05, 0.1) is 15.8 Å². The van der Waals surface area contributed by atoms with Gasteiger partial charge in [0.1, 0.15) is 6.33 Å². The summed E-state index contributed by atoms with van der Waals surface area (Å²) in [7, 11) is 1.90. The van der Waals surface area contributed by atoms with Crippen molar-refractivity contribution in [2.24, 2.45) is 0 Å². The molecule has 0 saturated carbocycles. The van der Waals surface area contributed by atoms with Crippen molar-refractivity contribution in [2.75, 3.05) is 11.9 Å². The molecule has 0 unspecified atom stereocenters. The van der Waals surface area contributed by atoms with E-state index in [9.17, 15) is 4.79 Å². The van der Waals surface area contributed by atoms with Crippen LogP contribution in [0.15, 0.2) is 42.0 Å². The van der Waals surface area contributed by atoms with Crippen LogP contribution in [0.5, 0.6) is 0 Å². The summed E-state index contributed by atoms with van der Waals surface area (Å²) in [6, 6.07) is 8.66. The molecule has 20 heavy (non-hydrogen) atoms. The largest absolute Gasteiger partial charge is 0.478 e. The first-order valence-corrected chi connectivity index (χ1v) is 6.80. The SMILES string of the molecule is CN(c1ccc(C(=O)O)cc1)c1ncnc2ccsc12. The smallest absolute Gasteiger partial charge is 0.335 e. The lowest BCUT2D eigenvalue weighted by Gasteiger charge is -2.18. The van der Waals surface area contributed by atoms with Crippen molar-refractivity contribution in [3.05, 3.63) is 47.6 Å². The van der Waals surface area contributed by atoms with Crippen LogP contribution in [0.4, 0.5) is 11.5 Å². The third kappa shape index (κ3) is 2.10. The molecule has 0 bridgehead atoms. The molecule has 2 aromatic heterocycles. The Kier molecular flexibility index (Phi) is 3.08. The first-order valence-electron chi connectivity index (χ1n) is 5.92. The minimum atomic E-state index is -0.929. The van der Waals surface area contributed by atoms with E-state index in [1.807, 2.05) is 23.4 Å². The normalized spacial score (nSPS) is 10.7. The Morgan fingerprint density at radius 1 is 1.20 bits per heavy atom. The number of thiophene rings is 1. The zero-order chi connectivity index (χ0) is 14.1. The van der Waals surface area contributed by atoms with Crippen LogP contribution in [-0.2, 0) is 0 Å². The Balaban J connectivity index is 2.01. The van der Waals surface area contributed by atoms with Crippen LogP contribution in [0.25, 0.3) is 10.2 Å². The van der Waals surface area contributed by atoms with Gasteiger partial charge in [-0.15, -0.1) is 11.3 Å². The Morgan fingerprint density at radius 2 is 1.95 bits per heavy atom. The summed E-state index contributed by atoms with van der Waals surface area (Å²) in [5, 5.41) is 10.9. The minimum absolute atomic E-state index is 0.270. The van der Waals surface area contributed by atoms with Gasteiger partial charge < -0.3 is 10.0 Å². The van der Waals surface area contributed by atoms with Crippen LogP contribution in [0, 0.1) is 0 Å². The molecule has 0 saturated heterocycles. The lowest BCUT2D eigenvalue weighted by atomic mass is 10.2. The van der Waals surface area contributed by atoms with Gasteiger partial charge in [0.15, 0.2) is 5.82 Å². The summed E-state index contributed by atoms with van der Waals surface area (Å²) < 4.78 is 1.01. The molecule has 0 aliphatic heterocycles. The highest BCUT2D eigenvalue weighted by atomic mass is 32.1. The van der Waals surface area contributed by atoms with Crippen LogP contribution in [0.3, 0.4) is 0 Å². The number of carboxylic acid groups (broad SMARTS) is 1. The van der Waals surface area contributed by atoms with Crippen LogP contribution < -0.4 is 4.90 Å². The van der Waals surface area contributed by atoms with Gasteiger partial charge in [-0.05, 0) is 35.7 Å². The lowest BCUT2D eigenvalue weighted by molar-refractivity contribution is 0.0697. The summed E-state index contributed by atoms with van der Waals surface area (Å²) in [4.78, 5) is 21.3. The van der Waals surface area contributed by atoms with Gasteiger partial charge in [-0.25, -0.2) is 14.8 Å². The van der Waals surface area contributed by atoms with Gasteiger partial charge in [0.25, 0.3) is 0 Å². The maximum Gasteiger partial charge on any atom is 0.335 e. The summed E-state index contributed by atoms with van der Waals surface area (Å²) in [6.45, 7) is 0. The highest BCUT2D eigenvalue weighted by molar-refractivity contribution is 7.17. The highest BCUT2D eigenvalue weighted by Crippen LogP contribution is 2.31. The van der Waals surface area contributed by atoms with Crippen molar-refractivity contribution in [1.82, 2.24) is 9.97 Å². The van der Waals surface area contributed by atoms with Crippen LogP contribution in [-0.4, -0.2) is 28.1 Å². The van der Waals surface area contributed by atoms with Crippen LogP contribution >= 0.6 is 11.3 Å². The van der Waals surface area contributed by atoms with Crippen molar-refractivity contribution in [1.29, 1.82) is 0 Å². The third-order valence-corrected chi connectivity index (χ3v) is 3.94. The van der Waals surface area contributed by atoms with Crippen molar-refractivity contribution in [3.63, 3.8) is 0 Å². The second-order valence-corrected chi connectivity index (χ2v) is 5.16. The van der Waals surface area contributed by atoms with E-state index in [0.717, 1.165) is 21.7 Å². The molecule has 2 heterocycles. The average molecular weight is 285 g/mol. The first-order chi connectivity index (χ1) is 9.66. The number of carboxylic acids is 1. The van der Waals surface area contributed by atoms with Gasteiger partial charge in [-0.1, -0.05) is 0 Å². The number of rotatable bonds is 3. The molecular weight excluding hydrogens is 274 g/mol. The number of hydrogen-bond donors (Lipinski definition) is 1. The summed E-state index contributed by atoms with van der Waals surface area (Å²) in [5.74, 6) is -0.116. The monoisotopic (exact) mass is 285 g/mol. The van der Waals surface area contributed by atoms with Crippen LogP contribution in [0.2, 0.25) is 0 Å². The van der Waals surface area contributed by atoms with Crippen molar-refractivity contribution in [2.45, 2.75) is 0 Å². The molecule has 5 nitrogen and oxygen atoms in total. The number of fused-ring (bicyclic) bond motifs is 1. The molecule has 3 rings (SSSR count). The number of benzene rings is 1. The number of aromatic nitrogens is 2. The van der Waals surface area contributed by atoms with E-state index in [1.54, 1.807) is 35.6 Å². The van der Waals surface area contributed by atoms with Gasteiger partial charge in [-0.2, -0.15) is 0 Å². The number of hydrogen-bond acceptors (Lipinski definition) is 5. The minimum Gasteiger partial charge on any atom is -0.478 e. The standard InChI is InChI=1S/C14H11N3O2S/c1-17(10-4-2-9(3-5-10)14(18)19)13-12-11(6-7-20-12)15-8-16-13/h2-8H,1H3,(H,18,19). The fourth-order valence-electron chi connectivity index (χ4n) is 1.96. The molecule has 0 aliphatic carbocycles. The van der Waals surface area contributed by atoms with Crippen LogP contribution in [0.1, 0.15) is 10.4 Å². The molecule has 6 heteroatoms. The second kappa shape index (κ2) is 4.90. The predicted molar refractivity (Wildman–Crippen MR) is 78.9 cm³/mol. The summed E-state index contributed by atoms with van der Waals surface area (Å²) >= 11 is 1.58. The molecule has 1 aromatic carbocycles. The zero-order valence-corrected chi connectivity index (χ0v) is 11.5. The fourth-order valence-corrected chi connectivity index (χ4v) is 2.83. The average Bonchev–Trinajstić information content (AvgIpc) is 2.95. The molecule has 100 valence electrons. The molecule has 0 aliphatic rings. The van der Waals surface area contributed by atoms with Gasteiger partial charge in [0.2, 0.25) is 0 Å². The fraction of sp³-hybridized carbons (Fsp3) is 0.0714. The number of carbonyl (C=O) groups is 1. The molecule has 0 spiro atoms. The topological polar surface area (TPSA) is 66.3 Å². The Morgan fingerprint density at radius 3 is 2.65 bits per heavy atom. The van der Waals surface area contributed by atoms with E-state index in [1.165, 1.54) is 6.33 Å². The quantitative estimate of drug-likeness (QED) is 0.800. The zero-order valence-electron chi connectivity index (χ0n) is 10.6. The molecule has 0 fully saturated rings. The molecule has 0 radical (unpaired) electrons. The van der Waals surface area contributed by atoms with Crippen molar-refractivity contribution >= 4 is 39.0 Å². The Labute approximate surface area is 119 Å². The van der Waals surface area contributed by atoms with E-state index >= 15 is 0 Å². The summed E-state index contributed by atoms with van der Waals surface area (Å²) in [6.07, 6.45) is 1.53. The Hall–Kier alpha value is -2.47. The first kappa shape index (κ1) is 12.6. The molecular formula is C14H11N3O2S. The molecule has 0 amide bonds. The molecule has 0 atom stereocenters. The maximum atomic E-state index is 10.9. The van der Waals surface area contributed by atoms with Crippen molar-refractivity contribution < 1.29 is 9.90 Å². The van der Waals surface area contributed by atoms with E-state index in [2.05, 4.69) is 9.97 Å². The van der Waals surface area contributed by atoms with E-state index in [0.29, 0.717) is 0 Å². The van der Waals surface area contributed by atoms with E-state index in [-0.39, 0.29) is 5.56 Å². The predicted octanol–water partition coefficient (Wildman–Crippen LogP) is 3.16. The lowest BCUT2D eigenvalue weighted by Crippen LogP contribution is -2.11. The molecule has 1 N–H and O–H groups in total. The summed E-state index contributed by atoms with van der Waals surface area (Å²) in [5.41, 5.74) is 2.06.